The summed E-state index contributed by atoms with van der Waals surface area (Å²) in [6.45, 7) is 9.36. The molecule has 2 aromatic carbocycles. The van der Waals surface area contributed by atoms with Crippen LogP contribution < -0.4 is 25.0 Å². The molecule has 3 saturated carbocycles. The van der Waals surface area contributed by atoms with Gasteiger partial charge in [0.25, 0.3) is 5.91 Å². The Hall–Kier alpha value is -4.59. The molecule has 13 nitrogen and oxygen atoms in total. The maximum atomic E-state index is 14.5. The van der Waals surface area contributed by atoms with E-state index in [-0.39, 0.29) is 25.7 Å². The fourth-order valence-corrected chi connectivity index (χ4v) is 8.44. The van der Waals surface area contributed by atoms with E-state index in [2.05, 4.69) is 21.9 Å². The highest BCUT2D eigenvalue weighted by molar-refractivity contribution is 7.91. The van der Waals surface area contributed by atoms with Gasteiger partial charge in [-0.3, -0.25) is 19.1 Å². The SMILES string of the molecule is C=C[C@@H]1C[C@]1(NC(=O)[C@@H]1CN(c2ccc(-c3ccc(OC)cc3)cc2)CN1C(=O)[C@@H](NC(=O)OC1CCCC1)C(C)(C)C)C(=O)NS(=O)(=O)C1CC1. The van der Waals surface area contributed by atoms with E-state index in [4.69, 9.17) is 9.47 Å². The van der Waals surface area contributed by atoms with Gasteiger partial charge in [-0.15, -0.1) is 6.58 Å². The second kappa shape index (κ2) is 14.4. The van der Waals surface area contributed by atoms with Crippen LogP contribution >= 0.6 is 0 Å². The van der Waals surface area contributed by atoms with Crippen LogP contribution in [0, 0.1) is 11.3 Å². The molecule has 6 rings (SSSR count). The molecule has 14 heteroatoms. The van der Waals surface area contributed by atoms with E-state index in [0.717, 1.165) is 48.2 Å². The second-order valence-electron chi connectivity index (χ2n) is 15.4. The van der Waals surface area contributed by atoms with Crippen molar-refractivity contribution in [3.05, 3.63) is 61.2 Å². The smallest absolute Gasteiger partial charge is 0.408 e. The normalized spacial score (nSPS) is 23.8. The lowest BCUT2D eigenvalue weighted by molar-refractivity contribution is -0.142. The van der Waals surface area contributed by atoms with Crippen LogP contribution in [-0.2, 0) is 29.1 Å². The Kier molecular flexibility index (Phi) is 10.3. The van der Waals surface area contributed by atoms with Crippen LogP contribution in [0.5, 0.6) is 5.75 Å². The number of methoxy groups -OCH3 is 1. The molecule has 4 fully saturated rings. The number of alkyl carbamates (subject to hydrolysis) is 1. The zero-order valence-corrected chi connectivity index (χ0v) is 31.0. The number of nitrogens with one attached hydrogen (secondary N) is 3. The molecule has 0 spiro atoms. The molecule has 0 aromatic heterocycles. The minimum absolute atomic E-state index is 0.0187. The van der Waals surface area contributed by atoms with Gasteiger partial charge in [-0.05, 0) is 85.8 Å². The molecule has 4 amide bonds. The van der Waals surface area contributed by atoms with Gasteiger partial charge >= 0.3 is 6.09 Å². The number of nitrogens with zero attached hydrogens (tertiary/aromatic N) is 2. The average Bonchev–Trinajstić information content (AvgIpc) is 3.99. The van der Waals surface area contributed by atoms with Gasteiger partial charge in [0.05, 0.1) is 19.0 Å². The first-order valence-electron chi connectivity index (χ1n) is 17.9. The summed E-state index contributed by atoms with van der Waals surface area (Å²) in [5, 5.41) is 4.99. The number of carbonyl (C=O) groups is 4. The first kappa shape index (κ1) is 37.2. The summed E-state index contributed by atoms with van der Waals surface area (Å²) in [4.78, 5) is 58.6. The third-order valence-electron chi connectivity index (χ3n) is 10.5. The molecule has 1 heterocycles. The monoisotopic (exact) mass is 735 g/mol. The molecule has 0 unspecified atom stereocenters. The Balaban J connectivity index is 1.26. The molecular weight excluding hydrogens is 687 g/mol. The van der Waals surface area contributed by atoms with Gasteiger partial charge in [0.1, 0.15) is 29.5 Å². The fraction of sp³-hybridized carbons (Fsp3) is 0.526. The highest BCUT2D eigenvalue weighted by atomic mass is 32.2. The molecule has 3 aliphatic carbocycles. The zero-order valence-electron chi connectivity index (χ0n) is 30.2. The van der Waals surface area contributed by atoms with Crippen molar-refractivity contribution in [2.75, 3.05) is 25.2 Å². The number of hydrogen-bond donors (Lipinski definition) is 3. The Morgan fingerprint density at radius 1 is 0.962 bits per heavy atom. The Bertz CT molecular complexity index is 1800. The van der Waals surface area contributed by atoms with Gasteiger partial charge in [-0.25, -0.2) is 13.2 Å². The predicted octanol–water partition coefficient (Wildman–Crippen LogP) is 4.09. The van der Waals surface area contributed by atoms with Crippen molar-refractivity contribution in [3.8, 4) is 16.9 Å². The van der Waals surface area contributed by atoms with Crippen molar-refractivity contribution in [1.82, 2.24) is 20.3 Å². The van der Waals surface area contributed by atoms with E-state index < -0.39 is 68.0 Å². The molecule has 4 atom stereocenters. The number of ether oxygens (including phenoxy) is 2. The van der Waals surface area contributed by atoms with Crippen LogP contribution in [0.2, 0.25) is 0 Å². The van der Waals surface area contributed by atoms with Gasteiger partial charge in [0.15, 0.2) is 0 Å². The third-order valence-corrected chi connectivity index (χ3v) is 12.4. The van der Waals surface area contributed by atoms with Gasteiger partial charge in [-0.2, -0.15) is 0 Å². The molecule has 0 bridgehead atoms. The van der Waals surface area contributed by atoms with Crippen LogP contribution in [-0.4, -0.2) is 86.4 Å². The molecular formula is C38H49N5O8S. The minimum atomic E-state index is -3.88. The summed E-state index contributed by atoms with van der Waals surface area (Å²) in [5.74, 6) is -1.67. The zero-order chi connectivity index (χ0) is 37.4. The van der Waals surface area contributed by atoms with Gasteiger partial charge in [0, 0.05) is 18.2 Å². The highest BCUT2D eigenvalue weighted by Crippen LogP contribution is 2.45. The lowest BCUT2D eigenvalue weighted by Crippen LogP contribution is -2.60. The van der Waals surface area contributed by atoms with Crippen molar-refractivity contribution in [2.45, 2.75) is 94.7 Å². The summed E-state index contributed by atoms with van der Waals surface area (Å²) in [7, 11) is -2.27. The Labute approximate surface area is 305 Å². The summed E-state index contributed by atoms with van der Waals surface area (Å²) in [6.07, 6.45) is 5.22. The number of anilines is 1. The van der Waals surface area contributed by atoms with E-state index in [1.807, 2.05) is 74.2 Å². The van der Waals surface area contributed by atoms with E-state index in [1.54, 1.807) is 7.11 Å². The highest BCUT2D eigenvalue weighted by Gasteiger charge is 2.62. The molecule has 1 aliphatic heterocycles. The van der Waals surface area contributed by atoms with Crippen molar-refractivity contribution >= 4 is 39.5 Å². The maximum Gasteiger partial charge on any atom is 0.408 e. The lowest BCUT2D eigenvalue weighted by atomic mass is 9.85. The van der Waals surface area contributed by atoms with E-state index >= 15 is 0 Å². The molecule has 1 saturated heterocycles. The minimum Gasteiger partial charge on any atom is -0.497 e. The summed E-state index contributed by atoms with van der Waals surface area (Å²) in [6, 6.07) is 13.3. The van der Waals surface area contributed by atoms with Crippen molar-refractivity contribution in [2.24, 2.45) is 11.3 Å². The Morgan fingerprint density at radius 3 is 2.12 bits per heavy atom. The van der Waals surface area contributed by atoms with E-state index in [9.17, 15) is 27.6 Å². The van der Waals surface area contributed by atoms with Gasteiger partial charge < -0.3 is 29.9 Å². The first-order chi connectivity index (χ1) is 24.6. The number of amides is 4. The van der Waals surface area contributed by atoms with Crippen LogP contribution in [0.25, 0.3) is 11.1 Å². The number of hydrogen-bond acceptors (Lipinski definition) is 9. The molecule has 2 aromatic rings. The van der Waals surface area contributed by atoms with E-state index in [1.165, 1.54) is 11.0 Å². The summed E-state index contributed by atoms with van der Waals surface area (Å²) >= 11 is 0. The largest absolute Gasteiger partial charge is 0.497 e. The molecule has 280 valence electrons. The molecule has 0 radical (unpaired) electrons. The molecule has 4 aliphatic rings. The van der Waals surface area contributed by atoms with Crippen LogP contribution in [0.1, 0.15) is 65.7 Å². The van der Waals surface area contributed by atoms with Crippen molar-refractivity contribution < 1.29 is 37.1 Å². The fourth-order valence-electron chi connectivity index (χ4n) is 7.07. The average molecular weight is 736 g/mol. The second-order valence-corrected chi connectivity index (χ2v) is 17.4. The van der Waals surface area contributed by atoms with Gasteiger partial charge in [0.2, 0.25) is 21.8 Å². The quantitative estimate of drug-likeness (QED) is 0.273. The number of benzene rings is 2. The first-order valence-corrected chi connectivity index (χ1v) is 19.5. The molecule has 3 N–H and O–H groups in total. The summed E-state index contributed by atoms with van der Waals surface area (Å²) in [5.41, 5.74) is 0.423. The lowest BCUT2D eigenvalue weighted by Gasteiger charge is -2.35. The van der Waals surface area contributed by atoms with Crippen molar-refractivity contribution in [3.63, 3.8) is 0 Å². The third kappa shape index (κ3) is 7.91. The van der Waals surface area contributed by atoms with Crippen molar-refractivity contribution in [1.29, 1.82) is 0 Å². The topological polar surface area (TPSA) is 163 Å². The Morgan fingerprint density at radius 2 is 1.58 bits per heavy atom. The maximum absolute atomic E-state index is 14.5. The van der Waals surface area contributed by atoms with E-state index in [0.29, 0.717) is 12.8 Å². The number of rotatable bonds is 12. The van der Waals surface area contributed by atoms with Crippen LogP contribution in [0.15, 0.2) is 61.2 Å². The van der Waals surface area contributed by atoms with Crippen LogP contribution in [0.4, 0.5) is 10.5 Å². The number of carbonyl (C=O) groups excluding carboxylic acids is 4. The molecule has 52 heavy (non-hydrogen) atoms. The standard InChI is InChI=1S/C38H49N5O8S/c1-6-26-21-38(26,35(46)41-52(48,49)30-19-20-30)40-33(44)31-22-42(27-15-11-24(12-16-27)25-13-17-28(50-5)18-14-25)23-43(31)34(45)32(37(2,3)4)39-36(47)51-29-9-7-8-10-29/h6,11-18,26,29-32H,1,7-10,19-23H2,2-5H3,(H,39,47)(H,40,44)(H,41,46)/t26-,31+,32-,38-/m1/s1. The summed E-state index contributed by atoms with van der Waals surface area (Å²) < 4.78 is 38.5. The predicted molar refractivity (Wildman–Crippen MR) is 196 cm³/mol. The van der Waals surface area contributed by atoms with Crippen LogP contribution in [0.3, 0.4) is 0 Å². The van der Waals surface area contributed by atoms with Gasteiger partial charge in [-0.1, -0.05) is 51.1 Å². The number of sulfonamides is 1.